The molecular formula is C39H39BrN8O3. The molecule has 8 rings (SSSR count). The molecule has 0 radical (unpaired) electrons. The highest BCUT2D eigenvalue weighted by atomic mass is 79.9. The fourth-order valence-electron chi connectivity index (χ4n) is 7.99. The molecule has 1 atom stereocenters. The average Bonchev–Trinajstić information content (AvgIpc) is 3.40. The molecule has 1 spiro atoms. The van der Waals surface area contributed by atoms with Gasteiger partial charge in [0.25, 0.3) is 11.8 Å². The molecule has 1 unspecified atom stereocenters. The number of aromatic nitrogens is 4. The summed E-state index contributed by atoms with van der Waals surface area (Å²) in [5.74, 6) is -0.553. The molecule has 0 bridgehead atoms. The third-order valence-electron chi connectivity index (χ3n) is 10.5. The van der Waals surface area contributed by atoms with E-state index in [1.165, 1.54) is 4.57 Å². The number of anilines is 1. The third-order valence-corrected chi connectivity index (χ3v) is 11.4. The first-order valence-electron chi connectivity index (χ1n) is 17.2. The number of nitrogens with zero attached hydrogens (tertiary/aromatic N) is 7. The lowest BCUT2D eigenvalue weighted by Gasteiger charge is -2.60. The van der Waals surface area contributed by atoms with Gasteiger partial charge in [-0.15, -0.1) is 0 Å². The van der Waals surface area contributed by atoms with Crippen LogP contribution in [0, 0.1) is 12.3 Å². The van der Waals surface area contributed by atoms with E-state index >= 15 is 0 Å². The summed E-state index contributed by atoms with van der Waals surface area (Å²) in [7, 11) is 2.15. The van der Waals surface area contributed by atoms with Crippen molar-refractivity contribution in [1.29, 1.82) is 0 Å². The first-order chi connectivity index (χ1) is 24.6. The topological polar surface area (TPSA) is 109 Å². The van der Waals surface area contributed by atoms with Crippen LogP contribution in [0.5, 0.6) is 0 Å². The minimum absolute atomic E-state index is 0.110. The summed E-state index contributed by atoms with van der Waals surface area (Å²) in [6.45, 7) is 8.73. The number of benzene rings is 3. The van der Waals surface area contributed by atoms with Gasteiger partial charge in [-0.05, 0) is 86.6 Å². The number of carbonyl (C=O) groups is 2. The molecule has 2 fully saturated rings. The zero-order chi connectivity index (χ0) is 35.4. The Hall–Kier alpha value is -5.07. The molecule has 3 aliphatic rings. The normalized spacial score (nSPS) is 17.8. The highest BCUT2D eigenvalue weighted by Crippen LogP contribution is 2.41. The summed E-state index contributed by atoms with van der Waals surface area (Å²) in [4.78, 5) is 49.1. The molecule has 0 saturated carbocycles. The van der Waals surface area contributed by atoms with Crippen molar-refractivity contribution < 1.29 is 9.59 Å². The van der Waals surface area contributed by atoms with Crippen molar-refractivity contribution in [3.63, 3.8) is 0 Å². The van der Waals surface area contributed by atoms with Crippen molar-refractivity contribution in [2.75, 3.05) is 38.1 Å². The van der Waals surface area contributed by atoms with Gasteiger partial charge in [0.05, 0.1) is 23.6 Å². The fourth-order valence-corrected chi connectivity index (χ4v) is 8.24. The van der Waals surface area contributed by atoms with Crippen LogP contribution in [0.25, 0.3) is 16.9 Å². The maximum Gasteiger partial charge on any atom is 0.333 e. The highest BCUT2D eigenvalue weighted by molar-refractivity contribution is 9.10. The number of fused-ring (bicyclic) bond motifs is 1. The molecule has 51 heavy (non-hydrogen) atoms. The molecule has 11 nitrogen and oxygen atoms in total. The van der Waals surface area contributed by atoms with E-state index in [9.17, 15) is 14.4 Å². The quantitative estimate of drug-likeness (QED) is 0.253. The Morgan fingerprint density at radius 3 is 2.41 bits per heavy atom. The molecule has 0 aliphatic carbocycles. The average molecular weight is 748 g/mol. The first kappa shape index (κ1) is 33.1. The van der Waals surface area contributed by atoms with Gasteiger partial charge in [0.2, 0.25) is 0 Å². The summed E-state index contributed by atoms with van der Waals surface area (Å²) in [5, 5.41) is 11.4. The minimum atomic E-state index is -0.404. The molecule has 2 amide bonds. The van der Waals surface area contributed by atoms with Crippen molar-refractivity contribution in [3.8, 4) is 16.9 Å². The van der Waals surface area contributed by atoms with Crippen LogP contribution in [0.3, 0.4) is 0 Å². The Morgan fingerprint density at radius 2 is 1.71 bits per heavy atom. The molecule has 5 heterocycles. The molecule has 2 saturated heterocycles. The molecule has 260 valence electrons. The maximum atomic E-state index is 14.4. The van der Waals surface area contributed by atoms with Crippen molar-refractivity contribution >= 4 is 33.4 Å². The van der Waals surface area contributed by atoms with Crippen LogP contribution in [-0.4, -0.2) is 80.2 Å². The van der Waals surface area contributed by atoms with Gasteiger partial charge in [0, 0.05) is 78.2 Å². The van der Waals surface area contributed by atoms with Gasteiger partial charge < -0.3 is 20.0 Å². The number of rotatable bonds is 7. The third kappa shape index (κ3) is 5.95. The van der Waals surface area contributed by atoms with E-state index in [1.807, 2.05) is 86.6 Å². The van der Waals surface area contributed by atoms with E-state index in [-0.39, 0.29) is 43.0 Å². The molecule has 3 aliphatic heterocycles. The van der Waals surface area contributed by atoms with E-state index in [4.69, 9.17) is 0 Å². The summed E-state index contributed by atoms with van der Waals surface area (Å²) in [6, 6.07) is 24.6. The predicted molar refractivity (Wildman–Crippen MR) is 199 cm³/mol. The molecule has 2 aromatic heterocycles. The second-order valence-electron chi connectivity index (χ2n) is 14.3. The number of carbonyl (C=O) groups excluding carboxylic acids is 2. The number of halogens is 1. The van der Waals surface area contributed by atoms with Crippen molar-refractivity contribution in [3.05, 3.63) is 128 Å². The number of aryl methyl sites for hydroxylation is 1. The number of hydrogen-bond donors (Lipinski definition) is 1. The van der Waals surface area contributed by atoms with Gasteiger partial charge in [0.15, 0.2) is 0 Å². The maximum absolute atomic E-state index is 14.4. The van der Waals surface area contributed by atoms with Crippen LogP contribution in [-0.2, 0) is 19.6 Å². The molecule has 12 heteroatoms. The van der Waals surface area contributed by atoms with Crippen LogP contribution in [0.2, 0.25) is 0 Å². The Bertz CT molecular complexity index is 2200. The lowest BCUT2D eigenvalue weighted by Crippen LogP contribution is -2.71. The SMILES string of the molecule is Cc1cc(C(=O)N2Cc3c(C(=O)NCc4ccccc4-c4cccnn4)n(-c4ccc(N5CC6(CN(C)C6)C5)cc4)c(=O)n3CC2C)ccc1Br. The number of likely N-dealkylation sites (tertiary alicyclic amines) is 1. The lowest BCUT2D eigenvalue weighted by atomic mass is 9.73. The second-order valence-corrected chi connectivity index (χ2v) is 15.1. The van der Waals surface area contributed by atoms with Crippen LogP contribution in [0.1, 0.15) is 44.6 Å². The van der Waals surface area contributed by atoms with Gasteiger partial charge in [-0.1, -0.05) is 40.2 Å². The van der Waals surface area contributed by atoms with E-state index in [2.05, 4.69) is 48.3 Å². The number of amides is 2. The van der Waals surface area contributed by atoms with E-state index in [0.717, 1.165) is 53.0 Å². The van der Waals surface area contributed by atoms with Gasteiger partial charge >= 0.3 is 5.69 Å². The summed E-state index contributed by atoms with van der Waals surface area (Å²) in [6.07, 6.45) is 1.62. The fraction of sp³-hybridized carbons (Fsp3) is 0.308. The second kappa shape index (κ2) is 12.9. The first-order valence-corrected chi connectivity index (χ1v) is 18.0. The van der Waals surface area contributed by atoms with Gasteiger partial charge in [-0.3, -0.25) is 18.7 Å². The van der Waals surface area contributed by atoms with Crippen LogP contribution in [0.4, 0.5) is 5.69 Å². The Morgan fingerprint density at radius 1 is 0.961 bits per heavy atom. The number of hydrogen-bond acceptors (Lipinski definition) is 7. The summed E-state index contributed by atoms with van der Waals surface area (Å²) >= 11 is 3.53. The zero-order valence-electron chi connectivity index (χ0n) is 28.8. The molecular weight excluding hydrogens is 708 g/mol. The molecule has 5 aromatic rings. The number of nitrogens with one attached hydrogen (secondary N) is 1. The smallest absolute Gasteiger partial charge is 0.333 e. The monoisotopic (exact) mass is 746 g/mol. The van der Waals surface area contributed by atoms with Crippen molar-refractivity contribution in [1.82, 2.24) is 34.4 Å². The standard InChI is InChI=1S/C39H39BrN8O3/c1-25-17-27(10-15-32(25)40)37(50)46-20-34-35(36(49)41-18-28-7-4-5-8-31(28)33-9-6-16-42-43-33)48(38(51)47(34)19-26(46)2)30-13-11-29(12-14-30)45-23-39(24-45)21-44(3)22-39/h4-17,26H,18-24H2,1-3H3,(H,41,49). The highest BCUT2D eigenvalue weighted by Gasteiger charge is 2.50. The van der Waals surface area contributed by atoms with Crippen LogP contribution in [0.15, 0.2) is 94.3 Å². The largest absolute Gasteiger partial charge is 0.370 e. The Kier molecular flexibility index (Phi) is 8.38. The molecule has 3 aromatic carbocycles. The Labute approximate surface area is 304 Å². The van der Waals surface area contributed by atoms with Crippen LogP contribution < -0.4 is 15.9 Å². The van der Waals surface area contributed by atoms with E-state index < -0.39 is 5.91 Å². The Balaban J connectivity index is 1.14. The van der Waals surface area contributed by atoms with Crippen molar-refractivity contribution in [2.24, 2.45) is 5.41 Å². The zero-order valence-corrected chi connectivity index (χ0v) is 30.4. The van der Waals surface area contributed by atoms with E-state index in [0.29, 0.717) is 28.1 Å². The summed E-state index contributed by atoms with van der Waals surface area (Å²) < 4.78 is 4.09. The number of imidazole rings is 1. The minimum Gasteiger partial charge on any atom is -0.370 e. The van der Waals surface area contributed by atoms with Crippen LogP contribution >= 0.6 is 15.9 Å². The van der Waals surface area contributed by atoms with Gasteiger partial charge in [-0.25, -0.2) is 4.79 Å². The van der Waals surface area contributed by atoms with Gasteiger partial charge in [-0.2, -0.15) is 10.2 Å². The lowest BCUT2D eigenvalue weighted by molar-refractivity contribution is -0.00238. The van der Waals surface area contributed by atoms with Crippen molar-refractivity contribution in [2.45, 2.75) is 39.5 Å². The summed E-state index contributed by atoms with van der Waals surface area (Å²) in [5.41, 5.74) is 6.43. The van der Waals surface area contributed by atoms with Gasteiger partial charge in [0.1, 0.15) is 5.69 Å². The predicted octanol–water partition coefficient (Wildman–Crippen LogP) is 4.89. The van der Waals surface area contributed by atoms with E-state index in [1.54, 1.807) is 21.7 Å². The molecule has 1 N–H and O–H groups in total.